The Kier molecular flexibility index (Phi) is 3.35. The van der Waals surface area contributed by atoms with Crippen molar-refractivity contribution in [1.29, 1.82) is 0 Å². The van der Waals surface area contributed by atoms with Crippen LogP contribution in [0.25, 0.3) is 11.1 Å². The monoisotopic (exact) mass is 306 g/mol. The standard InChI is InChI=1S/C23H30/c1-21(2,3)15-9-11-17-18-12-10-16(22(4,5)6)14-20(18)23(7,8)19(17)13-15/h9-14H,1-8H3. The summed E-state index contributed by atoms with van der Waals surface area (Å²) in [5.74, 6) is 0. The fraction of sp³-hybridized carbons (Fsp3) is 0.478. The number of rotatable bonds is 0. The molecule has 0 saturated heterocycles. The first-order valence-electron chi connectivity index (χ1n) is 8.73. The molecule has 0 fully saturated rings. The van der Waals surface area contributed by atoms with Gasteiger partial charge in [0.2, 0.25) is 0 Å². The van der Waals surface area contributed by atoms with Crippen molar-refractivity contribution in [1.82, 2.24) is 0 Å². The Morgan fingerprint density at radius 2 is 0.957 bits per heavy atom. The normalized spacial score (nSPS) is 16.2. The zero-order valence-electron chi connectivity index (χ0n) is 16.0. The van der Waals surface area contributed by atoms with Gasteiger partial charge < -0.3 is 0 Å². The van der Waals surface area contributed by atoms with Gasteiger partial charge in [0.15, 0.2) is 0 Å². The molecular formula is C23H30. The average molecular weight is 306 g/mol. The highest BCUT2D eigenvalue weighted by Gasteiger charge is 2.36. The molecule has 1 aliphatic carbocycles. The summed E-state index contributed by atoms with van der Waals surface area (Å²) in [6.07, 6.45) is 0. The molecule has 0 aromatic heterocycles. The van der Waals surface area contributed by atoms with Crippen molar-refractivity contribution in [3.63, 3.8) is 0 Å². The maximum Gasteiger partial charge on any atom is 0.0159 e. The van der Waals surface area contributed by atoms with Crippen LogP contribution in [-0.2, 0) is 16.2 Å². The van der Waals surface area contributed by atoms with E-state index in [1.54, 1.807) is 0 Å². The van der Waals surface area contributed by atoms with E-state index in [-0.39, 0.29) is 16.2 Å². The van der Waals surface area contributed by atoms with Gasteiger partial charge >= 0.3 is 0 Å². The molecular weight excluding hydrogens is 276 g/mol. The number of hydrogen-bond donors (Lipinski definition) is 0. The van der Waals surface area contributed by atoms with Crippen molar-refractivity contribution >= 4 is 0 Å². The van der Waals surface area contributed by atoms with E-state index in [2.05, 4.69) is 91.8 Å². The van der Waals surface area contributed by atoms with Crippen LogP contribution in [0, 0.1) is 0 Å². The van der Waals surface area contributed by atoms with Gasteiger partial charge in [-0.05, 0) is 44.2 Å². The van der Waals surface area contributed by atoms with Crippen molar-refractivity contribution < 1.29 is 0 Å². The van der Waals surface area contributed by atoms with E-state index in [9.17, 15) is 0 Å². The lowest BCUT2D eigenvalue weighted by Crippen LogP contribution is -2.19. The van der Waals surface area contributed by atoms with Crippen molar-refractivity contribution in [3.05, 3.63) is 58.7 Å². The number of benzene rings is 2. The second kappa shape index (κ2) is 4.72. The molecule has 0 aliphatic heterocycles. The largest absolute Gasteiger partial charge is 0.0579 e. The van der Waals surface area contributed by atoms with Crippen LogP contribution in [0.4, 0.5) is 0 Å². The zero-order chi connectivity index (χ0) is 17.2. The summed E-state index contributed by atoms with van der Waals surface area (Å²) in [6, 6.07) is 14.2. The van der Waals surface area contributed by atoms with E-state index in [0.29, 0.717) is 0 Å². The van der Waals surface area contributed by atoms with Crippen LogP contribution in [0.15, 0.2) is 36.4 Å². The molecule has 0 amide bonds. The SMILES string of the molecule is CC(C)(C)c1ccc2c(c1)C(C)(C)c1cc(C(C)(C)C)ccc1-2. The van der Waals surface area contributed by atoms with Crippen molar-refractivity contribution in [2.75, 3.05) is 0 Å². The lowest BCUT2D eigenvalue weighted by molar-refractivity contribution is 0.580. The van der Waals surface area contributed by atoms with Crippen LogP contribution in [0.3, 0.4) is 0 Å². The van der Waals surface area contributed by atoms with Gasteiger partial charge in [-0.25, -0.2) is 0 Å². The van der Waals surface area contributed by atoms with Gasteiger partial charge in [-0.3, -0.25) is 0 Å². The van der Waals surface area contributed by atoms with E-state index >= 15 is 0 Å². The van der Waals surface area contributed by atoms with Crippen LogP contribution in [0.5, 0.6) is 0 Å². The smallest absolute Gasteiger partial charge is 0.0159 e. The summed E-state index contributed by atoms with van der Waals surface area (Å²) in [5, 5.41) is 0. The van der Waals surface area contributed by atoms with Gasteiger partial charge in [-0.15, -0.1) is 0 Å². The fourth-order valence-corrected chi connectivity index (χ4v) is 3.67. The Labute approximate surface area is 141 Å². The summed E-state index contributed by atoms with van der Waals surface area (Å²) in [7, 11) is 0. The summed E-state index contributed by atoms with van der Waals surface area (Å²) in [4.78, 5) is 0. The summed E-state index contributed by atoms with van der Waals surface area (Å²) in [5.41, 5.74) is 9.09. The first kappa shape index (κ1) is 16.3. The van der Waals surface area contributed by atoms with Gasteiger partial charge in [0.05, 0.1) is 0 Å². The van der Waals surface area contributed by atoms with E-state index < -0.39 is 0 Å². The van der Waals surface area contributed by atoms with Crippen LogP contribution in [0.2, 0.25) is 0 Å². The second-order valence-electron chi connectivity index (χ2n) is 9.65. The van der Waals surface area contributed by atoms with Crippen molar-refractivity contribution in [3.8, 4) is 11.1 Å². The molecule has 0 radical (unpaired) electrons. The molecule has 0 N–H and O–H groups in total. The third kappa shape index (κ3) is 2.53. The minimum Gasteiger partial charge on any atom is -0.0579 e. The molecule has 0 heteroatoms. The van der Waals surface area contributed by atoms with Crippen molar-refractivity contribution in [2.24, 2.45) is 0 Å². The quantitative estimate of drug-likeness (QED) is 0.515. The molecule has 3 rings (SSSR count). The first-order chi connectivity index (χ1) is 10.4. The second-order valence-corrected chi connectivity index (χ2v) is 9.65. The Hall–Kier alpha value is -1.56. The minimum absolute atomic E-state index is 0.0766. The van der Waals surface area contributed by atoms with Gasteiger partial charge in [-0.1, -0.05) is 91.8 Å². The average Bonchev–Trinajstić information content (AvgIpc) is 2.65. The Balaban J connectivity index is 2.22. The highest BCUT2D eigenvalue weighted by Crippen LogP contribution is 2.50. The third-order valence-corrected chi connectivity index (χ3v) is 5.41. The van der Waals surface area contributed by atoms with Gasteiger partial charge in [0, 0.05) is 5.41 Å². The molecule has 0 unspecified atom stereocenters. The minimum atomic E-state index is 0.0766. The van der Waals surface area contributed by atoms with Gasteiger partial charge in [-0.2, -0.15) is 0 Å². The third-order valence-electron chi connectivity index (χ3n) is 5.41. The molecule has 0 nitrogen and oxygen atoms in total. The predicted octanol–water partition coefficient (Wildman–Crippen LogP) is 6.59. The molecule has 0 saturated carbocycles. The lowest BCUT2D eigenvalue weighted by Gasteiger charge is -2.26. The highest BCUT2D eigenvalue weighted by molar-refractivity contribution is 5.81. The van der Waals surface area contributed by atoms with E-state index in [4.69, 9.17) is 0 Å². The molecule has 0 heterocycles. The molecule has 0 atom stereocenters. The molecule has 0 bridgehead atoms. The fourth-order valence-electron chi connectivity index (χ4n) is 3.67. The van der Waals surface area contributed by atoms with Crippen molar-refractivity contribution in [2.45, 2.75) is 71.6 Å². The summed E-state index contributed by atoms with van der Waals surface area (Å²) >= 11 is 0. The number of hydrogen-bond acceptors (Lipinski definition) is 0. The number of fused-ring (bicyclic) bond motifs is 3. The Bertz CT molecular complexity index is 696. The Morgan fingerprint density at radius 1 is 0.609 bits per heavy atom. The molecule has 23 heavy (non-hydrogen) atoms. The van der Waals surface area contributed by atoms with Crippen LogP contribution in [0.1, 0.15) is 77.6 Å². The highest BCUT2D eigenvalue weighted by atomic mass is 14.4. The molecule has 0 spiro atoms. The molecule has 2 aromatic rings. The maximum absolute atomic E-state index is 2.44. The topological polar surface area (TPSA) is 0 Å². The van der Waals surface area contributed by atoms with Crippen LogP contribution >= 0.6 is 0 Å². The Morgan fingerprint density at radius 3 is 1.26 bits per heavy atom. The van der Waals surface area contributed by atoms with E-state index in [1.807, 2.05) is 0 Å². The molecule has 1 aliphatic rings. The summed E-state index contributed by atoms with van der Waals surface area (Å²) < 4.78 is 0. The first-order valence-corrected chi connectivity index (χ1v) is 8.73. The lowest BCUT2D eigenvalue weighted by atomic mass is 9.77. The van der Waals surface area contributed by atoms with Crippen LogP contribution < -0.4 is 0 Å². The molecule has 122 valence electrons. The van der Waals surface area contributed by atoms with E-state index in [0.717, 1.165) is 0 Å². The predicted molar refractivity (Wildman–Crippen MR) is 101 cm³/mol. The molecule has 2 aromatic carbocycles. The van der Waals surface area contributed by atoms with Gasteiger partial charge in [0.25, 0.3) is 0 Å². The van der Waals surface area contributed by atoms with Crippen LogP contribution in [-0.4, -0.2) is 0 Å². The zero-order valence-corrected chi connectivity index (χ0v) is 16.0. The van der Waals surface area contributed by atoms with Gasteiger partial charge in [0.1, 0.15) is 0 Å². The summed E-state index contributed by atoms with van der Waals surface area (Å²) in [6.45, 7) is 18.5. The van der Waals surface area contributed by atoms with E-state index in [1.165, 1.54) is 33.4 Å². The maximum atomic E-state index is 2.44.